The Morgan fingerprint density at radius 2 is 1.68 bits per heavy atom. The number of carbonyl (C=O) groups excluding carboxylic acids is 3. The zero-order valence-electron chi connectivity index (χ0n) is 19.0. The van der Waals surface area contributed by atoms with Crippen molar-refractivity contribution in [2.24, 2.45) is 0 Å². The Hall–Kier alpha value is -4.39. The molecule has 0 saturated carbocycles. The molecule has 0 atom stereocenters. The first-order chi connectivity index (χ1) is 16.4. The lowest BCUT2D eigenvalue weighted by Gasteiger charge is -2.08. The number of nitrogens with one attached hydrogen (secondary N) is 2. The van der Waals surface area contributed by atoms with Gasteiger partial charge < -0.3 is 20.1 Å². The number of aryl methyl sites for hydroxylation is 1. The first-order valence-electron chi connectivity index (χ1n) is 10.8. The molecule has 0 unspecified atom stereocenters. The third-order valence-electron chi connectivity index (χ3n) is 4.72. The zero-order chi connectivity index (χ0) is 24.3. The van der Waals surface area contributed by atoms with Crippen molar-refractivity contribution < 1.29 is 23.9 Å². The maximum absolute atomic E-state index is 12.4. The molecule has 0 heterocycles. The SMILES string of the molecule is CCOC(=O)Oc1ccc(C(=O)NCc2ccc(NC(=O)/C=C/c3cccc(C)c3)cc2)cc1. The van der Waals surface area contributed by atoms with E-state index < -0.39 is 6.16 Å². The predicted molar refractivity (Wildman–Crippen MR) is 131 cm³/mol. The molecule has 0 saturated heterocycles. The van der Waals surface area contributed by atoms with Gasteiger partial charge in [0.25, 0.3) is 5.91 Å². The highest BCUT2D eigenvalue weighted by atomic mass is 16.7. The molecule has 3 rings (SSSR count). The molecule has 0 aliphatic rings. The van der Waals surface area contributed by atoms with Gasteiger partial charge in [0.1, 0.15) is 5.75 Å². The van der Waals surface area contributed by atoms with E-state index in [1.165, 1.54) is 18.2 Å². The molecule has 7 heteroatoms. The van der Waals surface area contributed by atoms with Crippen molar-refractivity contribution in [1.82, 2.24) is 5.32 Å². The van der Waals surface area contributed by atoms with Crippen LogP contribution >= 0.6 is 0 Å². The Morgan fingerprint density at radius 3 is 2.35 bits per heavy atom. The average Bonchev–Trinajstić information content (AvgIpc) is 2.83. The van der Waals surface area contributed by atoms with Gasteiger partial charge in [-0.15, -0.1) is 0 Å². The van der Waals surface area contributed by atoms with Crippen LogP contribution in [0.5, 0.6) is 5.75 Å². The molecule has 34 heavy (non-hydrogen) atoms. The summed E-state index contributed by atoms with van der Waals surface area (Å²) in [5.74, 6) is -0.194. The molecular formula is C27H26N2O5. The van der Waals surface area contributed by atoms with Gasteiger partial charge in [-0.25, -0.2) is 4.79 Å². The molecule has 0 aliphatic heterocycles. The molecule has 0 spiro atoms. The molecule has 0 radical (unpaired) electrons. The Kier molecular flexibility index (Phi) is 8.57. The molecule has 0 fully saturated rings. The molecule has 3 aromatic carbocycles. The minimum Gasteiger partial charge on any atom is -0.434 e. The Bertz CT molecular complexity index is 1170. The zero-order valence-corrected chi connectivity index (χ0v) is 19.0. The summed E-state index contributed by atoms with van der Waals surface area (Å²) in [6, 6.07) is 21.3. The van der Waals surface area contributed by atoms with Crippen LogP contribution < -0.4 is 15.4 Å². The Morgan fingerprint density at radius 1 is 0.941 bits per heavy atom. The van der Waals surface area contributed by atoms with Crippen LogP contribution in [0, 0.1) is 6.92 Å². The van der Waals surface area contributed by atoms with Crippen LogP contribution in [0.1, 0.15) is 34.0 Å². The van der Waals surface area contributed by atoms with Crippen LogP contribution in [0.25, 0.3) is 6.08 Å². The molecule has 174 valence electrons. The first kappa shape index (κ1) is 24.3. The second kappa shape index (κ2) is 12.0. The fourth-order valence-electron chi connectivity index (χ4n) is 3.04. The molecule has 2 N–H and O–H groups in total. The molecule has 3 aromatic rings. The monoisotopic (exact) mass is 458 g/mol. The smallest absolute Gasteiger partial charge is 0.434 e. The fraction of sp³-hybridized carbons (Fsp3) is 0.148. The predicted octanol–water partition coefficient (Wildman–Crippen LogP) is 5.11. The molecule has 2 amide bonds. The molecule has 0 aromatic heterocycles. The van der Waals surface area contributed by atoms with Crippen LogP contribution in [0.3, 0.4) is 0 Å². The summed E-state index contributed by atoms with van der Waals surface area (Å²) in [6.45, 7) is 4.23. The minimum absolute atomic E-state index is 0.220. The van der Waals surface area contributed by atoms with Gasteiger partial charge in [-0.1, -0.05) is 42.0 Å². The van der Waals surface area contributed by atoms with Gasteiger partial charge in [0.2, 0.25) is 5.91 Å². The average molecular weight is 459 g/mol. The second-order valence-corrected chi connectivity index (χ2v) is 7.43. The second-order valence-electron chi connectivity index (χ2n) is 7.43. The van der Waals surface area contributed by atoms with E-state index in [2.05, 4.69) is 10.6 Å². The molecule has 0 bridgehead atoms. The Labute approximate surface area is 198 Å². The third-order valence-corrected chi connectivity index (χ3v) is 4.72. The standard InChI is InChI=1S/C27H26N2O5/c1-3-33-27(32)34-24-14-10-22(11-15-24)26(31)28-18-21-7-12-23(13-8-21)29-25(30)16-9-20-6-4-5-19(2)17-20/h4-17H,3,18H2,1-2H3,(H,28,31)(H,29,30)/b16-9+. The maximum atomic E-state index is 12.4. The lowest BCUT2D eigenvalue weighted by atomic mass is 10.1. The van der Waals surface area contributed by atoms with Crippen LogP contribution in [-0.2, 0) is 16.1 Å². The van der Waals surface area contributed by atoms with Crippen molar-refractivity contribution in [1.29, 1.82) is 0 Å². The van der Waals surface area contributed by atoms with E-state index in [1.807, 2.05) is 43.3 Å². The molecule has 7 nitrogen and oxygen atoms in total. The van der Waals surface area contributed by atoms with Crippen molar-refractivity contribution in [2.75, 3.05) is 11.9 Å². The maximum Gasteiger partial charge on any atom is 0.513 e. The summed E-state index contributed by atoms with van der Waals surface area (Å²) in [6.07, 6.45) is 2.47. The van der Waals surface area contributed by atoms with Crippen molar-refractivity contribution in [2.45, 2.75) is 20.4 Å². The molecule has 0 aliphatic carbocycles. The summed E-state index contributed by atoms with van der Waals surface area (Å²) in [5, 5.41) is 5.64. The summed E-state index contributed by atoms with van der Waals surface area (Å²) in [7, 11) is 0. The van der Waals surface area contributed by atoms with E-state index in [9.17, 15) is 14.4 Å². The quantitative estimate of drug-likeness (QED) is 0.278. The van der Waals surface area contributed by atoms with Crippen LogP contribution in [0.4, 0.5) is 10.5 Å². The van der Waals surface area contributed by atoms with Gasteiger partial charge in [-0.2, -0.15) is 0 Å². The summed E-state index contributed by atoms with van der Waals surface area (Å²) < 4.78 is 9.68. The number of benzene rings is 3. The van der Waals surface area contributed by atoms with Gasteiger partial charge in [-0.3, -0.25) is 9.59 Å². The number of amides is 2. The van der Waals surface area contributed by atoms with E-state index in [1.54, 1.807) is 37.3 Å². The summed E-state index contributed by atoms with van der Waals surface area (Å²) in [4.78, 5) is 35.8. The minimum atomic E-state index is -0.790. The lowest BCUT2D eigenvalue weighted by Crippen LogP contribution is -2.22. The number of hydrogen-bond donors (Lipinski definition) is 2. The largest absolute Gasteiger partial charge is 0.513 e. The van der Waals surface area contributed by atoms with E-state index in [-0.39, 0.29) is 18.4 Å². The van der Waals surface area contributed by atoms with Crippen molar-refractivity contribution in [3.8, 4) is 5.75 Å². The topological polar surface area (TPSA) is 93.7 Å². The fourth-order valence-corrected chi connectivity index (χ4v) is 3.04. The highest BCUT2D eigenvalue weighted by molar-refractivity contribution is 6.02. The number of hydrogen-bond acceptors (Lipinski definition) is 5. The molecular weight excluding hydrogens is 432 g/mol. The van der Waals surface area contributed by atoms with Crippen LogP contribution in [0.15, 0.2) is 78.9 Å². The number of rotatable bonds is 8. The highest BCUT2D eigenvalue weighted by Gasteiger charge is 2.08. The van der Waals surface area contributed by atoms with Crippen LogP contribution in [-0.4, -0.2) is 24.6 Å². The van der Waals surface area contributed by atoms with Gasteiger partial charge in [0.15, 0.2) is 0 Å². The summed E-state index contributed by atoms with van der Waals surface area (Å²) in [5.41, 5.74) is 4.06. The van der Waals surface area contributed by atoms with E-state index in [0.717, 1.165) is 16.7 Å². The van der Waals surface area contributed by atoms with E-state index in [4.69, 9.17) is 9.47 Å². The highest BCUT2D eigenvalue weighted by Crippen LogP contribution is 2.14. The van der Waals surface area contributed by atoms with Gasteiger partial charge in [-0.05, 0) is 67.4 Å². The first-order valence-corrected chi connectivity index (χ1v) is 10.8. The van der Waals surface area contributed by atoms with Crippen molar-refractivity contribution >= 4 is 29.7 Å². The number of carbonyl (C=O) groups is 3. The number of ether oxygens (including phenoxy) is 2. The van der Waals surface area contributed by atoms with Crippen molar-refractivity contribution in [3.05, 3.63) is 101 Å². The normalized spacial score (nSPS) is 10.5. The van der Waals surface area contributed by atoms with Crippen molar-refractivity contribution in [3.63, 3.8) is 0 Å². The Balaban J connectivity index is 1.47. The van der Waals surface area contributed by atoms with Gasteiger partial charge in [0, 0.05) is 23.9 Å². The van der Waals surface area contributed by atoms with Crippen LogP contribution in [0.2, 0.25) is 0 Å². The van der Waals surface area contributed by atoms with Gasteiger partial charge in [0.05, 0.1) is 6.61 Å². The van der Waals surface area contributed by atoms with E-state index >= 15 is 0 Å². The van der Waals surface area contributed by atoms with E-state index in [0.29, 0.717) is 23.5 Å². The summed E-state index contributed by atoms with van der Waals surface area (Å²) >= 11 is 0. The van der Waals surface area contributed by atoms with Gasteiger partial charge >= 0.3 is 6.16 Å². The number of anilines is 1. The third kappa shape index (κ3) is 7.63. The lowest BCUT2D eigenvalue weighted by molar-refractivity contribution is -0.111.